The second kappa shape index (κ2) is 10.7. The zero-order chi connectivity index (χ0) is 26.8. The molecule has 6 nitrogen and oxygen atoms in total. The molecule has 2 saturated heterocycles. The number of imide groups is 1. The van der Waals surface area contributed by atoms with Crippen molar-refractivity contribution in [1.82, 2.24) is 4.90 Å². The van der Waals surface area contributed by atoms with Gasteiger partial charge in [0.15, 0.2) is 0 Å². The number of rotatable bonds is 6. The van der Waals surface area contributed by atoms with Gasteiger partial charge in [0, 0.05) is 6.42 Å². The van der Waals surface area contributed by atoms with Crippen LogP contribution in [0.4, 0.5) is 4.79 Å². The monoisotopic (exact) mass is 523 g/mol. The molecular weight excluding hydrogens is 482 g/mol. The summed E-state index contributed by atoms with van der Waals surface area (Å²) in [6.07, 6.45) is 1.69. The van der Waals surface area contributed by atoms with Crippen molar-refractivity contribution in [3.05, 3.63) is 60.7 Å². The van der Waals surface area contributed by atoms with Crippen LogP contribution in [0, 0.1) is 0 Å². The molecule has 2 aliphatic rings. The Kier molecular flexibility index (Phi) is 7.98. The van der Waals surface area contributed by atoms with E-state index in [0.717, 1.165) is 12.8 Å². The molecule has 0 spiro atoms. The van der Waals surface area contributed by atoms with Crippen molar-refractivity contribution < 1.29 is 23.5 Å². The second-order valence-corrected chi connectivity index (χ2v) is 16.5. The Balaban J connectivity index is 1.52. The Labute approximate surface area is 222 Å². The molecule has 0 bridgehead atoms. The topological polar surface area (TPSA) is 65.1 Å². The summed E-state index contributed by atoms with van der Waals surface area (Å²) >= 11 is 0. The molecule has 2 aromatic carbocycles. The molecule has 0 aliphatic carbocycles. The molecule has 2 aromatic rings. The number of benzene rings is 2. The summed E-state index contributed by atoms with van der Waals surface area (Å²) in [4.78, 5) is 26.7. The van der Waals surface area contributed by atoms with Crippen molar-refractivity contribution in [2.24, 2.45) is 0 Å². The average Bonchev–Trinajstić information content (AvgIpc) is 3.45. The number of likely N-dealkylation sites (tertiary alicyclic amines) is 1. The molecule has 0 aromatic heterocycles. The molecule has 2 amide bonds. The third-order valence-corrected chi connectivity index (χ3v) is 12.3. The number of carbonyl (C=O) groups is 2. The van der Waals surface area contributed by atoms with E-state index in [-0.39, 0.29) is 29.2 Å². The Bertz CT molecular complexity index is 1040. The molecule has 2 aliphatic heterocycles. The fraction of sp³-hybridized carbons (Fsp3) is 0.533. The Hall–Kier alpha value is -2.48. The van der Waals surface area contributed by atoms with Crippen LogP contribution in [-0.2, 0) is 18.7 Å². The highest BCUT2D eigenvalue weighted by Gasteiger charge is 2.51. The number of carbonyl (C=O) groups excluding carboxylic acids is 2. The number of ether oxygens (including phenoxy) is 2. The lowest BCUT2D eigenvalue weighted by atomic mass is 10.1. The first-order valence-corrected chi connectivity index (χ1v) is 15.3. The smallest absolute Gasteiger partial charge is 0.417 e. The second-order valence-electron chi connectivity index (χ2n) is 12.2. The van der Waals surface area contributed by atoms with E-state index in [1.54, 1.807) is 0 Å². The highest BCUT2D eigenvalue weighted by Crippen LogP contribution is 2.38. The molecule has 0 N–H and O–H groups in total. The van der Waals surface area contributed by atoms with E-state index >= 15 is 0 Å². The van der Waals surface area contributed by atoms with E-state index in [9.17, 15) is 9.59 Å². The van der Waals surface area contributed by atoms with Crippen molar-refractivity contribution in [2.45, 2.75) is 96.1 Å². The van der Waals surface area contributed by atoms with Crippen molar-refractivity contribution in [2.75, 3.05) is 6.61 Å². The van der Waals surface area contributed by atoms with Gasteiger partial charge in [-0.2, -0.15) is 0 Å². The predicted molar refractivity (Wildman–Crippen MR) is 148 cm³/mol. The van der Waals surface area contributed by atoms with E-state index < -0.39 is 20.0 Å². The molecule has 4 rings (SSSR count). The van der Waals surface area contributed by atoms with Crippen molar-refractivity contribution >= 4 is 30.7 Å². The average molecular weight is 524 g/mol. The lowest BCUT2D eigenvalue weighted by molar-refractivity contribution is -0.130. The summed E-state index contributed by atoms with van der Waals surface area (Å²) in [7, 11) is -2.66. The van der Waals surface area contributed by atoms with Gasteiger partial charge in [-0.05, 0) is 55.4 Å². The van der Waals surface area contributed by atoms with Gasteiger partial charge in [0.25, 0.3) is 8.32 Å². The third-order valence-electron chi connectivity index (χ3n) is 7.32. The van der Waals surface area contributed by atoms with Crippen LogP contribution in [-0.4, -0.2) is 55.7 Å². The SMILES string of the molecule is CC(C)(C)OC(=O)N1C(=O)CC[C@@H]1[C@H]1CC[C@H](CO[Si](c2ccccc2)(c2ccccc2)C(C)(C)C)O1. The number of nitrogens with zero attached hydrogens (tertiary/aromatic N) is 1. The number of hydrogen-bond donors (Lipinski definition) is 0. The maximum atomic E-state index is 12.8. The molecule has 37 heavy (non-hydrogen) atoms. The standard InChI is InChI=1S/C30H41NO5Si/c1-29(2,3)36-28(33)31-25(18-20-27(31)32)26-19-17-22(35-26)21-34-37(30(4,5)6,23-13-9-7-10-14-23)24-15-11-8-12-16-24/h7-16,22,25-26H,17-21H2,1-6H3/t22-,25-,26-/m1/s1. The third kappa shape index (κ3) is 5.84. The van der Waals surface area contributed by atoms with Gasteiger partial charge in [-0.25, -0.2) is 9.69 Å². The molecule has 2 heterocycles. The molecule has 200 valence electrons. The van der Waals surface area contributed by atoms with Crippen LogP contribution in [0.15, 0.2) is 60.7 Å². The van der Waals surface area contributed by atoms with E-state index in [1.807, 2.05) is 32.9 Å². The Morgan fingerprint density at radius 3 is 2.00 bits per heavy atom. The molecule has 0 unspecified atom stereocenters. The van der Waals surface area contributed by atoms with Crippen LogP contribution >= 0.6 is 0 Å². The fourth-order valence-electron chi connectivity index (χ4n) is 5.73. The van der Waals surface area contributed by atoms with Crippen LogP contribution in [0.2, 0.25) is 5.04 Å². The van der Waals surface area contributed by atoms with Gasteiger partial charge in [0.2, 0.25) is 5.91 Å². The first kappa shape index (κ1) is 27.5. The Morgan fingerprint density at radius 2 is 1.49 bits per heavy atom. The van der Waals surface area contributed by atoms with Crippen molar-refractivity contribution in [3.8, 4) is 0 Å². The van der Waals surface area contributed by atoms with Gasteiger partial charge in [-0.1, -0.05) is 81.4 Å². The van der Waals surface area contributed by atoms with Crippen LogP contribution in [0.5, 0.6) is 0 Å². The van der Waals surface area contributed by atoms with Crippen LogP contribution < -0.4 is 10.4 Å². The maximum absolute atomic E-state index is 12.8. The molecule has 3 atom stereocenters. The largest absolute Gasteiger partial charge is 0.443 e. The number of hydrogen-bond acceptors (Lipinski definition) is 5. The summed E-state index contributed by atoms with van der Waals surface area (Å²) in [5, 5.41) is 2.36. The minimum absolute atomic E-state index is 0.0946. The van der Waals surface area contributed by atoms with E-state index in [0.29, 0.717) is 19.4 Å². The normalized spacial score (nSPS) is 22.9. The van der Waals surface area contributed by atoms with E-state index in [2.05, 4.69) is 69.3 Å². The van der Waals surface area contributed by atoms with Crippen molar-refractivity contribution in [1.29, 1.82) is 0 Å². The van der Waals surface area contributed by atoms with Crippen molar-refractivity contribution in [3.63, 3.8) is 0 Å². The van der Waals surface area contributed by atoms with Gasteiger partial charge >= 0.3 is 6.09 Å². The van der Waals surface area contributed by atoms with Gasteiger partial charge in [-0.15, -0.1) is 0 Å². The Morgan fingerprint density at radius 1 is 0.919 bits per heavy atom. The van der Waals surface area contributed by atoms with Crippen LogP contribution in [0.3, 0.4) is 0 Å². The first-order chi connectivity index (χ1) is 17.4. The number of amides is 2. The molecule has 0 radical (unpaired) electrons. The summed E-state index contributed by atoms with van der Waals surface area (Å²) in [6.45, 7) is 12.7. The summed E-state index contributed by atoms with van der Waals surface area (Å²) in [5.74, 6) is -0.185. The molecule has 7 heteroatoms. The quantitative estimate of drug-likeness (QED) is 0.497. The van der Waals surface area contributed by atoms with Gasteiger partial charge in [0.05, 0.1) is 24.9 Å². The van der Waals surface area contributed by atoms with Gasteiger partial charge in [0.1, 0.15) is 5.60 Å². The zero-order valence-electron chi connectivity index (χ0n) is 23.0. The van der Waals surface area contributed by atoms with Crippen LogP contribution in [0.1, 0.15) is 67.2 Å². The maximum Gasteiger partial charge on any atom is 0.417 e. The molecule has 0 saturated carbocycles. The van der Waals surface area contributed by atoms with Gasteiger partial charge in [-0.3, -0.25) is 4.79 Å². The summed E-state index contributed by atoms with van der Waals surface area (Å²) < 4.78 is 19.1. The fourth-order valence-corrected chi connectivity index (χ4v) is 10.3. The molecular formula is C30H41NO5Si. The predicted octanol–water partition coefficient (Wildman–Crippen LogP) is 5.04. The molecule has 2 fully saturated rings. The van der Waals surface area contributed by atoms with Crippen LogP contribution in [0.25, 0.3) is 0 Å². The highest BCUT2D eigenvalue weighted by molar-refractivity contribution is 6.99. The first-order valence-electron chi connectivity index (χ1n) is 13.4. The van der Waals surface area contributed by atoms with E-state index in [1.165, 1.54) is 15.3 Å². The van der Waals surface area contributed by atoms with Gasteiger partial charge < -0.3 is 13.9 Å². The summed E-state index contributed by atoms with van der Waals surface area (Å²) in [6, 6.07) is 20.9. The summed E-state index contributed by atoms with van der Waals surface area (Å²) in [5.41, 5.74) is -0.660. The minimum Gasteiger partial charge on any atom is -0.443 e. The minimum atomic E-state index is -2.66. The zero-order valence-corrected chi connectivity index (χ0v) is 24.0. The lowest BCUT2D eigenvalue weighted by Crippen LogP contribution is -2.67. The highest BCUT2D eigenvalue weighted by atomic mass is 28.4. The van der Waals surface area contributed by atoms with E-state index in [4.69, 9.17) is 13.9 Å². The lowest BCUT2D eigenvalue weighted by Gasteiger charge is -2.43.